The number of nitrogens with two attached hydrogens (primary N) is 1. The number of carbonyl (C=O) groups is 1. The van der Waals surface area contributed by atoms with Crippen LogP contribution in [0.2, 0.25) is 0 Å². The average molecular weight is 231 g/mol. The number of anilines is 2. The summed E-state index contributed by atoms with van der Waals surface area (Å²) >= 11 is 0. The van der Waals surface area contributed by atoms with Gasteiger partial charge in [0.05, 0.1) is 11.3 Å². The summed E-state index contributed by atoms with van der Waals surface area (Å²) in [5.41, 5.74) is 6.26. The van der Waals surface area contributed by atoms with E-state index in [0.717, 1.165) is 0 Å². The highest BCUT2D eigenvalue weighted by Gasteiger charge is 2.06. The van der Waals surface area contributed by atoms with Gasteiger partial charge in [0.25, 0.3) is 5.91 Å². The number of nitrogens with one attached hydrogen (secondary N) is 1. The quantitative estimate of drug-likeness (QED) is 0.777. The summed E-state index contributed by atoms with van der Waals surface area (Å²) in [4.78, 5) is 15.6. The maximum atomic E-state index is 12.9. The molecular weight excluding hydrogens is 221 g/mol. The highest BCUT2D eigenvalue weighted by atomic mass is 19.1. The fourth-order valence-corrected chi connectivity index (χ4v) is 1.32. The molecule has 0 radical (unpaired) electrons. The number of nitrogen functional groups attached to an aromatic ring is 1. The van der Waals surface area contributed by atoms with Crippen LogP contribution in [0.5, 0.6) is 0 Å². The van der Waals surface area contributed by atoms with Crippen molar-refractivity contribution in [3.05, 3.63) is 54.1 Å². The van der Waals surface area contributed by atoms with Gasteiger partial charge in [-0.15, -0.1) is 0 Å². The van der Waals surface area contributed by atoms with Crippen LogP contribution in [0.25, 0.3) is 0 Å². The van der Waals surface area contributed by atoms with Crippen LogP contribution < -0.4 is 11.1 Å². The number of carbonyl (C=O) groups excluding carboxylic acids is 1. The van der Waals surface area contributed by atoms with E-state index in [0.29, 0.717) is 11.3 Å². The number of amides is 1. The Hall–Kier alpha value is -2.43. The van der Waals surface area contributed by atoms with E-state index >= 15 is 0 Å². The Bertz CT molecular complexity index is 543. The Morgan fingerprint density at radius 3 is 2.82 bits per heavy atom. The third-order valence-corrected chi connectivity index (χ3v) is 2.18. The SMILES string of the molecule is Nc1cc(NC(=O)c2cccnc2)ccc1F. The van der Waals surface area contributed by atoms with Crippen molar-refractivity contribution in [1.29, 1.82) is 0 Å². The maximum absolute atomic E-state index is 12.9. The molecule has 0 saturated heterocycles. The van der Waals surface area contributed by atoms with Gasteiger partial charge in [0.2, 0.25) is 0 Å². The van der Waals surface area contributed by atoms with Crippen LogP contribution >= 0.6 is 0 Å². The summed E-state index contributed by atoms with van der Waals surface area (Å²) in [5, 5.41) is 2.60. The monoisotopic (exact) mass is 231 g/mol. The molecule has 17 heavy (non-hydrogen) atoms. The smallest absolute Gasteiger partial charge is 0.257 e. The lowest BCUT2D eigenvalue weighted by Gasteiger charge is -2.06. The Kier molecular flexibility index (Phi) is 3.00. The van der Waals surface area contributed by atoms with Gasteiger partial charge >= 0.3 is 0 Å². The van der Waals surface area contributed by atoms with Crippen LogP contribution in [0.4, 0.5) is 15.8 Å². The van der Waals surface area contributed by atoms with Gasteiger partial charge in [0, 0.05) is 18.1 Å². The van der Waals surface area contributed by atoms with E-state index in [-0.39, 0.29) is 11.6 Å². The fourth-order valence-electron chi connectivity index (χ4n) is 1.32. The number of hydrogen-bond donors (Lipinski definition) is 2. The highest BCUT2D eigenvalue weighted by molar-refractivity contribution is 6.04. The lowest BCUT2D eigenvalue weighted by Crippen LogP contribution is -2.12. The van der Waals surface area contributed by atoms with E-state index in [2.05, 4.69) is 10.3 Å². The van der Waals surface area contributed by atoms with E-state index < -0.39 is 5.82 Å². The first-order valence-electron chi connectivity index (χ1n) is 4.93. The normalized spacial score (nSPS) is 9.94. The molecule has 0 aliphatic carbocycles. The van der Waals surface area contributed by atoms with Crippen molar-refractivity contribution in [3.63, 3.8) is 0 Å². The number of hydrogen-bond acceptors (Lipinski definition) is 3. The lowest BCUT2D eigenvalue weighted by molar-refractivity contribution is 0.102. The number of aromatic nitrogens is 1. The molecule has 4 nitrogen and oxygen atoms in total. The van der Waals surface area contributed by atoms with Crippen molar-refractivity contribution in [2.24, 2.45) is 0 Å². The predicted molar refractivity (Wildman–Crippen MR) is 63.0 cm³/mol. The van der Waals surface area contributed by atoms with Gasteiger partial charge in [0.15, 0.2) is 0 Å². The van der Waals surface area contributed by atoms with Gasteiger partial charge in [-0.2, -0.15) is 0 Å². The fraction of sp³-hybridized carbons (Fsp3) is 0. The molecule has 0 aliphatic rings. The number of halogens is 1. The van der Waals surface area contributed by atoms with Crippen LogP contribution in [0, 0.1) is 5.82 Å². The number of rotatable bonds is 2. The Morgan fingerprint density at radius 2 is 2.18 bits per heavy atom. The molecule has 0 saturated carbocycles. The zero-order valence-electron chi connectivity index (χ0n) is 8.85. The summed E-state index contributed by atoms with van der Waals surface area (Å²) in [6, 6.07) is 7.31. The third kappa shape index (κ3) is 2.57. The Balaban J connectivity index is 2.16. The Morgan fingerprint density at radius 1 is 1.35 bits per heavy atom. The summed E-state index contributed by atoms with van der Waals surface area (Å²) in [6.07, 6.45) is 3.02. The zero-order valence-corrected chi connectivity index (χ0v) is 8.85. The minimum Gasteiger partial charge on any atom is -0.396 e. The minimum atomic E-state index is -0.510. The molecule has 2 aromatic rings. The summed E-state index contributed by atoms with van der Waals surface area (Å²) in [7, 11) is 0. The summed E-state index contributed by atoms with van der Waals surface area (Å²) in [6.45, 7) is 0. The van der Waals surface area contributed by atoms with Gasteiger partial charge in [-0.25, -0.2) is 4.39 Å². The topological polar surface area (TPSA) is 68.0 Å². The van der Waals surface area contributed by atoms with Crippen LogP contribution in [-0.4, -0.2) is 10.9 Å². The van der Waals surface area contributed by atoms with E-state index in [1.807, 2.05) is 0 Å². The first-order valence-corrected chi connectivity index (χ1v) is 4.93. The van der Waals surface area contributed by atoms with Crippen LogP contribution in [-0.2, 0) is 0 Å². The van der Waals surface area contributed by atoms with Crippen LogP contribution in [0.15, 0.2) is 42.7 Å². The van der Waals surface area contributed by atoms with Gasteiger partial charge < -0.3 is 11.1 Å². The Labute approximate surface area is 97.3 Å². The third-order valence-electron chi connectivity index (χ3n) is 2.18. The molecule has 0 spiro atoms. The molecule has 1 amide bonds. The molecule has 0 aliphatic heterocycles. The standard InChI is InChI=1S/C12H10FN3O/c13-10-4-3-9(6-11(10)14)16-12(17)8-2-1-5-15-7-8/h1-7H,14H2,(H,16,17). The van der Waals surface area contributed by atoms with Crippen molar-refractivity contribution < 1.29 is 9.18 Å². The van der Waals surface area contributed by atoms with Gasteiger partial charge in [-0.05, 0) is 30.3 Å². The van der Waals surface area contributed by atoms with Crippen LogP contribution in [0.1, 0.15) is 10.4 Å². The van der Waals surface area contributed by atoms with Crippen molar-refractivity contribution >= 4 is 17.3 Å². The molecule has 3 N–H and O–H groups in total. The number of pyridine rings is 1. The first kappa shape index (κ1) is 11.1. The molecule has 0 bridgehead atoms. The minimum absolute atomic E-state index is 0.00557. The predicted octanol–water partition coefficient (Wildman–Crippen LogP) is 2.06. The second kappa shape index (κ2) is 4.61. The highest BCUT2D eigenvalue weighted by Crippen LogP contribution is 2.16. The van der Waals surface area contributed by atoms with E-state index in [1.165, 1.54) is 24.4 Å². The largest absolute Gasteiger partial charge is 0.396 e. The zero-order chi connectivity index (χ0) is 12.3. The van der Waals surface area contributed by atoms with Gasteiger partial charge in [-0.1, -0.05) is 0 Å². The van der Waals surface area contributed by atoms with Crippen molar-refractivity contribution in [3.8, 4) is 0 Å². The first-order chi connectivity index (χ1) is 8.16. The van der Waals surface area contributed by atoms with E-state index in [4.69, 9.17) is 5.73 Å². The average Bonchev–Trinajstić information content (AvgIpc) is 2.35. The molecule has 1 aromatic carbocycles. The molecular formula is C12H10FN3O. The van der Waals surface area contributed by atoms with Gasteiger partial charge in [0.1, 0.15) is 5.82 Å². The molecule has 86 valence electrons. The molecule has 1 heterocycles. The van der Waals surface area contributed by atoms with Crippen molar-refractivity contribution in [2.75, 3.05) is 11.1 Å². The summed E-state index contributed by atoms with van der Waals surface area (Å²) in [5.74, 6) is -0.825. The molecule has 0 unspecified atom stereocenters. The summed E-state index contributed by atoms with van der Waals surface area (Å²) < 4.78 is 12.9. The molecule has 0 atom stereocenters. The lowest BCUT2D eigenvalue weighted by atomic mass is 10.2. The van der Waals surface area contributed by atoms with E-state index in [9.17, 15) is 9.18 Å². The van der Waals surface area contributed by atoms with Crippen molar-refractivity contribution in [2.45, 2.75) is 0 Å². The molecule has 0 fully saturated rings. The number of benzene rings is 1. The van der Waals surface area contributed by atoms with Crippen molar-refractivity contribution in [1.82, 2.24) is 4.98 Å². The maximum Gasteiger partial charge on any atom is 0.257 e. The van der Waals surface area contributed by atoms with E-state index in [1.54, 1.807) is 18.3 Å². The second-order valence-electron chi connectivity index (χ2n) is 3.43. The second-order valence-corrected chi connectivity index (χ2v) is 3.43. The number of nitrogens with zero attached hydrogens (tertiary/aromatic N) is 1. The molecule has 2 rings (SSSR count). The van der Waals surface area contributed by atoms with Crippen LogP contribution in [0.3, 0.4) is 0 Å². The molecule has 5 heteroatoms. The molecule has 1 aromatic heterocycles. The van der Waals surface area contributed by atoms with Gasteiger partial charge in [-0.3, -0.25) is 9.78 Å².